The predicted octanol–water partition coefficient (Wildman–Crippen LogP) is 4.73. The zero-order valence-electron chi connectivity index (χ0n) is 12.6. The van der Waals surface area contributed by atoms with E-state index in [0.717, 1.165) is 9.13 Å². The second-order valence-corrected chi connectivity index (χ2v) is 7.03. The van der Waals surface area contributed by atoms with Crippen molar-refractivity contribution in [2.24, 2.45) is 0 Å². The van der Waals surface area contributed by atoms with Crippen molar-refractivity contribution in [1.29, 1.82) is 0 Å². The van der Waals surface area contributed by atoms with Crippen LogP contribution in [0, 0.1) is 3.57 Å². The van der Waals surface area contributed by atoms with Crippen molar-refractivity contribution in [3.05, 3.63) is 69.1 Å². The summed E-state index contributed by atoms with van der Waals surface area (Å²) >= 11 is 13.2. The van der Waals surface area contributed by atoms with Crippen molar-refractivity contribution in [2.45, 2.75) is 0 Å². The number of nitrogens with zero attached hydrogens (tertiary/aromatic N) is 1. The molecule has 3 aromatic rings. The number of nitrogens with one attached hydrogen (secondary N) is 2. The van der Waals surface area contributed by atoms with Crippen LogP contribution in [-0.2, 0) is 0 Å². The van der Waals surface area contributed by atoms with E-state index in [-0.39, 0.29) is 10.9 Å². The number of hydrogen-bond donors (Lipinski definition) is 2. The molecule has 0 spiro atoms. The Morgan fingerprint density at radius 1 is 1.20 bits per heavy atom. The Labute approximate surface area is 167 Å². The Morgan fingerprint density at radius 3 is 2.76 bits per heavy atom. The van der Waals surface area contributed by atoms with Gasteiger partial charge in [-0.25, -0.2) is 4.98 Å². The maximum Gasteiger partial charge on any atom is 0.293 e. The van der Waals surface area contributed by atoms with Crippen molar-refractivity contribution in [2.75, 3.05) is 5.32 Å². The summed E-state index contributed by atoms with van der Waals surface area (Å²) in [7, 11) is 0. The number of amides is 1. The molecule has 0 aliphatic heterocycles. The zero-order chi connectivity index (χ0) is 17.8. The highest BCUT2D eigenvalue weighted by atomic mass is 127. The number of rotatable bonds is 3. The molecule has 3 rings (SSSR count). The summed E-state index contributed by atoms with van der Waals surface area (Å²) in [6.45, 7) is 0. The first-order chi connectivity index (χ1) is 12.0. The van der Waals surface area contributed by atoms with Gasteiger partial charge in [0.15, 0.2) is 10.9 Å². The highest BCUT2D eigenvalue weighted by Gasteiger charge is 2.14. The van der Waals surface area contributed by atoms with E-state index in [0.29, 0.717) is 16.6 Å². The molecule has 1 amide bonds. The molecule has 2 heterocycles. The van der Waals surface area contributed by atoms with Crippen molar-refractivity contribution < 1.29 is 9.21 Å². The van der Waals surface area contributed by atoms with Crippen LogP contribution in [-0.4, -0.2) is 16.0 Å². The summed E-state index contributed by atoms with van der Waals surface area (Å²) in [5, 5.41) is 6.13. The Kier molecular flexibility index (Phi) is 5.67. The lowest BCUT2D eigenvalue weighted by atomic mass is 10.2. The van der Waals surface area contributed by atoms with Gasteiger partial charge >= 0.3 is 0 Å². The first-order valence-corrected chi connectivity index (χ1v) is 8.97. The minimum absolute atomic E-state index is 0.138. The first-order valence-electron chi connectivity index (χ1n) is 7.11. The molecular formula is C17H11ClIN3O2S. The van der Waals surface area contributed by atoms with Gasteiger partial charge in [-0.3, -0.25) is 10.1 Å². The van der Waals surface area contributed by atoms with Crippen LogP contribution in [0.25, 0.3) is 11.3 Å². The minimum atomic E-state index is -0.448. The number of halogens is 2. The average Bonchev–Trinajstić information content (AvgIpc) is 3.07. The minimum Gasteiger partial charge on any atom is -0.451 e. The molecule has 1 aromatic carbocycles. The largest absolute Gasteiger partial charge is 0.451 e. The standard InChI is InChI=1S/C17H11ClIN3O2S/c18-11-3-1-2-10(8-11)13-5-6-14(24-13)16(23)22-17(25)21-15-7-4-12(19)9-20-15/h1-9H,(H2,20,21,22,23,25). The molecule has 0 unspecified atom stereocenters. The Balaban J connectivity index is 1.65. The maximum atomic E-state index is 12.2. The second-order valence-electron chi connectivity index (χ2n) is 4.94. The summed E-state index contributed by atoms with van der Waals surface area (Å²) in [4.78, 5) is 16.4. The molecule has 2 aromatic heterocycles. The number of anilines is 1. The monoisotopic (exact) mass is 483 g/mol. The summed E-state index contributed by atoms with van der Waals surface area (Å²) in [6.07, 6.45) is 1.69. The molecule has 0 aliphatic rings. The summed E-state index contributed by atoms with van der Waals surface area (Å²) in [5.41, 5.74) is 0.787. The fourth-order valence-corrected chi connectivity index (χ4v) is 2.73. The number of aromatic nitrogens is 1. The van der Waals surface area contributed by atoms with Gasteiger partial charge in [-0.2, -0.15) is 0 Å². The highest BCUT2D eigenvalue weighted by Crippen LogP contribution is 2.24. The third-order valence-electron chi connectivity index (χ3n) is 3.13. The molecule has 8 heteroatoms. The van der Waals surface area contributed by atoms with Crippen molar-refractivity contribution >= 4 is 63.2 Å². The Morgan fingerprint density at radius 2 is 2.04 bits per heavy atom. The van der Waals surface area contributed by atoms with E-state index < -0.39 is 5.91 Å². The highest BCUT2D eigenvalue weighted by molar-refractivity contribution is 14.1. The summed E-state index contributed by atoms with van der Waals surface area (Å²) in [6, 6.07) is 14.1. The molecule has 0 radical (unpaired) electrons. The number of carbonyl (C=O) groups excluding carboxylic acids is 1. The molecule has 0 bridgehead atoms. The van der Waals surface area contributed by atoms with Gasteiger partial charge in [-0.05, 0) is 71.2 Å². The van der Waals surface area contributed by atoms with Crippen molar-refractivity contribution in [1.82, 2.24) is 10.3 Å². The van der Waals surface area contributed by atoms with Crippen LogP contribution >= 0.6 is 46.4 Å². The van der Waals surface area contributed by atoms with Gasteiger partial charge in [0.2, 0.25) is 0 Å². The van der Waals surface area contributed by atoms with E-state index in [2.05, 4.69) is 38.2 Å². The van der Waals surface area contributed by atoms with Crippen LogP contribution in [0.1, 0.15) is 10.6 Å². The molecular weight excluding hydrogens is 473 g/mol. The van der Waals surface area contributed by atoms with Crippen LogP contribution < -0.4 is 10.6 Å². The van der Waals surface area contributed by atoms with E-state index in [4.69, 9.17) is 28.2 Å². The fourth-order valence-electron chi connectivity index (χ4n) is 2.02. The quantitative estimate of drug-likeness (QED) is 0.417. The van der Waals surface area contributed by atoms with Gasteiger partial charge in [0.25, 0.3) is 5.91 Å². The molecule has 0 fully saturated rings. The number of hydrogen-bond acceptors (Lipinski definition) is 4. The lowest BCUT2D eigenvalue weighted by Gasteiger charge is -2.07. The van der Waals surface area contributed by atoms with E-state index in [1.807, 2.05) is 18.2 Å². The predicted molar refractivity (Wildman–Crippen MR) is 110 cm³/mol. The number of carbonyl (C=O) groups is 1. The second kappa shape index (κ2) is 7.94. The normalized spacial score (nSPS) is 10.3. The molecule has 0 aliphatic carbocycles. The SMILES string of the molecule is O=C(NC(=S)Nc1ccc(I)cn1)c1ccc(-c2cccc(Cl)c2)o1. The van der Waals surface area contributed by atoms with Crippen molar-refractivity contribution in [3.63, 3.8) is 0 Å². The number of pyridine rings is 1. The van der Waals surface area contributed by atoms with Gasteiger partial charge in [0, 0.05) is 20.4 Å². The Bertz CT molecular complexity index is 928. The molecule has 25 heavy (non-hydrogen) atoms. The van der Waals surface area contributed by atoms with Crippen LogP contribution in [0.2, 0.25) is 5.02 Å². The topological polar surface area (TPSA) is 67.2 Å². The van der Waals surface area contributed by atoms with Gasteiger partial charge in [0.05, 0.1) is 0 Å². The number of thiocarbonyl (C=S) groups is 1. The van der Waals surface area contributed by atoms with E-state index in [1.54, 1.807) is 36.5 Å². The first kappa shape index (κ1) is 17.8. The van der Waals surface area contributed by atoms with Gasteiger partial charge in [-0.15, -0.1) is 0 Å². The molecule has 126 valence electrons. The van der Waals surface area contributed by atoms with Gasteiger partial charge in [-0.1, -0.05) is 23.7 Å². The van der Waals surface area contributed by atoms with Gasteiger partial charge in [0.1, 0.15) is 11.6 Å². The fraction of sp³-hybridized carbons (Fsp3) is 0. The maximum absolute atomic E-state index is 12.2. The third kappa shape index (κ3) is 4.77. The molecule has 0 saturated heterocycles. The average molecular weight is 484 g/mol. The smallest absolute Gasteiger partial charge is 0.293 e. The lowest BCUT2D eigenvalue weighted by molar-refractivity contribution is 0.0951. The van der Waals surface area contributed by atoms with Crippen LogP contribution in [0.4, 0.5) is 5.82 Å². The zero-order valence-corrected chi connectivity index (χ0v) is 16.4. The molecule has 0 saturated carbocycles. The van der Waals surface area contributed by atoms with Crippen LogP contribution in [0.15, 0.2) is 59.1 Å². The van der Waals surface area contributed by atoms with E-state index in [1.165, 1.54) is 0 Å². The lowest BCUT2D eigenvalue weighted by Crippen LogP contribution is -2.34. The summed E-state index contributed by atoms with van der Waals surface area (Å²) in [5.74, 6) is 0.793. The van der Waals surface area contributed by atoms with Crippen molar-refractivity contribution in [3.8, 4) is 11.3 Å². The van der Waals surface area contributed by atoms with Crippen LogP contribution in [0.3, 0.4) is 0 Å². The third-order valence-corrected chi connectivity index (χ3v) is 4.21. The molecule has 2 N–H and O–H groups in total. The number of benzene rings is 1. The van der Waals surface area contributed by atoms with E-state index >= 15 is 0 Å². The number of furan rings is 1. The van der Waals surface area contributed by atoms with Crippen LogP contribution in [0.5, 0.6) is 0 Å². The Hall–Kier alpha value is -1.97. The molecule has 5 nitrogen and oxygen atoms in total. The van der Waals surface area contributed by atoms with E-state index in [9.17, 15) is 4.79 Å². The molecule has 0 atom stereocenters. The summed E-state index contributed by atoms with van der Waals surface area (Å²) < 4.78 is 6.58. The van der Waals surface area contributed by atoms with Gasteiger partial charge < -0.3 is 9.73 Å².